The van der Waals surface area contributed by atoms with Crippen molar-refractivity contribution in [2.45, 2.75) is 25.8 Å². The van der Waals surface area contributed by atoms with Gasteiger partial charge in [0, 0.05) is 6.04 Å². The molecule has 0 spiro atoms. The Bertz CT molecular complexity index is 254. The van der Waals surface area contributed by atoms with Gasteiger partial charge in [0.25, 0.3) is 0 Å². The van der Waals surface area contributed by atoms with Crippen LogP contribution in [0.5, 0.6) is 0 Å². The third kappa shape index (κ3) is 3.03. The molecule has 1 aliphatic carbocycles. The molecule has 0 fully saturated rings. The number of carboxylic acid groups (broad SMARTS) is 1. The molecule has 1 aliphatic rings. The monoisotopic (exact) mass is 181 g/mol. The smallest absolute Gasteiger partial charge is 0.335 e. The van der Waals surface area contributed by atoms with Crippen molar-refractivity contribution in [3.63, 3.8) is 0 Å². The molecule has 0 radical (unpaired) electrons. The Labute approximate surface area is 77.9 Å². The summed E-state index contributed by atoms with van der Waals surface area (Å²) in [7, 11) is 0. The number of rotatable bonds is 3. The molecule has 0 bridgehead atoms. The summed E-state index contributed by atoms with van der Waals surface area (Å²) in [6.45, 7) is 1.94. The second-order valence-electron chi connectivity index (χ2n) is 3.54. The molecule has 0 aromatic heterocycles. The molecule has 0 aromatic rings. The maximum atomic E-state index is 10.6. The maximum absolute atomic E-state index is 10.6. The van der Waals surface area contributed by atoms with Gasteiger partial charge >= 0.3 is 5.97 Å². The summed E-state index contributed by atoms with van der Waals surface area (Å²) in [5.74, 6) is -0.568. The molecule has 72 valence electrons. The Kier molecular flexibility index (Phi) is 3.25. The lowest BCUT2D eigenvalue weighted by Gasteiger charge is -2.16. The lowest BCUT2D eigenvalue weighted by atomic mass is 9.91. The summed E-state index contributed by atoms with van der Waals surface area (Å²) in [6.07, 6.45) is 7.10. The number of allylic oxidation sites excluding steroid dienone is 2. The summed E-state index contributed by atoms with van der Waals surface area (Å²) >= 11 is 0. The molecular formula is C10H15NO2. The highest BCUT2D eigenvalue weighted by atomic mass is 16.4. The first-order valence-electron chi connectivity index (χ1n) is 4.47. The van der Waals surface area contributed by atoms with E-state index in [1.807, 2.05) is 13.0 Å². The van der Waals surface area contributed by atoms with Crippen LogP contribution in [0, 0.1) is 5.92 Å². The first kappa shape index (κ1) is 9.99. The minimum atomic E-state index is -0.856. The molecule has 0 saturated heterocycles. The van der Waals surface area contributed by atoms with Crippen molar-refractivity contribution < 1.29 is 9.90 Å². The van der Waals surface area contributed by atoms with Crippen molar-refractivity contribution >= 4 is 5.97 Å². The average molecular weight is 181 g/mol. The summed E-state index contributed by atoms with van der Waals surface area (Å²) in [6, 6.07) is 0.128. The topological polar surface area (TPSA) is 63.3 Å². The van der Waals surface area contributed by atoms with Gasteiger partial charge in [0.05, 0.1) is 5.57 Å². The van der Waals surface area contributed by atoms with Crippen LogP contribution in [0.3, 0.4) is 0 Å². The predicted octanol–water partition coefficient (Wildman–Crippen LogP) is 1.31. The van der Waals surface area contributed by atoms with E-state index in [0.29, 0.717) is 5.57 Å². The van der Waals surface area contributed by atoms with E-state index in [4.69, 9.17) is 10.8 Å². The highest BCUT2D eigenvalue weighted by Crippen LogP contribution is 2.20. The zero-order chi connectivity index (χ0) is 9.84. The van der Waals surface area contributed by atoms with Gasteiger partial charge in [-0.2, -0.15) is 0 Å². The van der Waals surface area contributed by atoms with Gasteiger partial charge in [0.15, 0.2) is 0 Å². The van der Waals surface area contributed by atoms with Gasteiger partial charge in [-0.25, -0.2) is 4.79 Å². The zero-order valence-electron chi connectivity index (χ0n) is 7.73. The standard InChI is InChI=1S/C10H15NO2/c1-7(11)5-8-3-2-4-9(6-8)10(12)13/h2,4,6-8H,3,5,11H2,1H3,(H,12,13)/t7-,8?/m1/s1. The Hall–Kier alpha value is -1.09. The second-order valence-corrected chi connectivity index (χ2v) is 3.54. The van der Waals surface area contributed by atoms with Crippen molar-refractivity contribution in [3.05, 3.63) is 23.8 Å². The molecule has 1 rings (SSSR count). The van der Waals surface area contributed by atoms with Gasteiger partial charge in [-0.3, -0.25) is 0 Å². The van der Waals surface area contributed by atoms with Crippen molar-refractivity contribution in [2.24, 2.45) is 11.7 Å². The molecule has 0 saturated carbocycles. The van der Waals surface area contributed by atoms with Crippen LogP contribution in [0.1, 0.15) is 19.8 Å². The lowest BCUT2D eigenvalue weighted by Crippen LogP contribution is -2.20. The third-order valence-electron chi connectivity index (χ3n) is 2.07. The summed E-state index contributed by atoms with van der Waals surface area (Å²) in [4.78, 5) is 10.6. The molecule has 0 heterocycles. The highest BCUT2D eigenvalue weighted by Gasteiger charge is 2.14. The van der Waals surface area contributed by atoms with Gasteiger partial charge in [-0.05, 0) is 25.7 Å². The first-order chi connectivity index (χ1) is 6.09. The summed E-state index contributed by atoms with van der Waals surface area (Å²) in [5.41, 5.74) is 6.03. The van der Waals surface area contributed by atoms with Crippen LogP contribution in [-0.2, 0) is 4.79 Å². The summed E-state index contributed by atoms with van der Waals surface area (Å²) < 4.78 is 0. The minimum absolute atomic E-state index is 0.128. The number of nitrogens with two attached hydrogens (primary N) is 1. The Morgan fingerprint density at radius 1 is 1.85 bits per heavy atom. The molecular weight excluding hydrogens is 166 g/mol. The fourth-order valence-corrected chi connectivity index (χ4v) is 1.53. The van der Waals surface area contributed by atoms with Gasteiger partial charge < -0.3 is 10.8 Å². The van der Waals surface area contributed by atoms with Crippen molar-refractivity contribution in [2.75, 3.05) is 0 Å². The van der Waals surface area contributed by atoms with E-state index in [1.165, 1.54) is 0 Å². The lowest BCUT2D eigenvalue weighted by molar-refractivity contribution is -0.132. The average Bonchev–Trinajstić information content (AvgIpc) is 2.03. The number of carboxylic acids is 1. The van der Waals surface area contributed by atoms with Gasteiger partial charge in [-0.1, -0.05) is 18.2 Å². The number of hydrogen-bond donors (Lipinski definition) is 2. The second kappa shape index (κ2) is 4.23. The molecule has 0 aliphatic heterocycles. The fraction of sp³-hybridized carbons (Fsp3) is 0.500. The SMILES string of the molecule is C[C@@H](N)CC1C=C(C(=O)O)C=CC1. The van der Waals surface area contributed by atoms with Gasteiger partial charge in [-0.15, -0.1) is 0 Å². The van der Waals surface area contributed by atoms with E-state index in [0.717, 1.165) is 12.8 Å². The quantitative estimate of drug-likeness (QED) is 0.690. The van der Waals surface area contributed by atoms with Crippen molar-refractivity contribution in [1.29, 1.82) is 0 Å². The Morgan fingerprint density at radius 3 is 3.08 bits per heavy atom. The van der Waals surface area contributed by atoms with Crippen LogP contribution < -0.4 is 5.73 Å². The van der Waals surface area contributed by atoms with Crippen LogP contribution in [-0.4, -0.2) is 17.1 Å². The fourth-order valence-electron chi connectivity index (χ4n) is 1.53. The molecule has 0 aromatic carbocycles. The van der Waals surface area contributed by atoms with Crippen LogP contribution >= 0.6 is 0 Å². The molecule has 3 heteroatoms. The van der Waals surface area contributed by atoms with E-state index in [-0.39, 0.29) is 12.0 Å². The molecule has 0 amide bonds. The molecule has 1 unspecified atom stereocenters. The van der Waals surface area contributed by atoms with Crippen molar-refractivity contribution in [3.8, 4) is 0 Å². The van der Waals surface area contributed by atoms with E-state index in [2.05, 4.69) is 0 Å². The molecule has 13 heavy (non-hydrogen) atoms. The number of carbonyl (C=O) groups is 1. The molecule has 3 nitrogen and oxygen atoms in total. The number of aliphatic carboxylic acids is 1. The van der Waals surface area contributed by atoms with Gasteiger partial charge in [0.1, 0.15) is 0 Å². The highest BCUT2D eigenvalue weighted by molar-refractivity contribution is 5.90. The van der Waals surface area contributed by atoms with Crippen LogP contribution in [0.15, 0.2) is 23.8 Å². The van der Waals surface area contributed by atoms with E-state index in [9.17, 15) is 4.79 Å². The maximum Gasteiger partial charge on any atom is 0.335 e. The summed E-state index contributed by atoms with van der Waals surface area (Å²) in [5, 5.41) is 8.74. The first-order valence-corrected chi connectivity index (χ1v) is 4.47. The Balaban J connectivity index is 2.62. The van der Waals surface area contributed by atoms with Crippen molar-refractivity contribution in [1.82, 2.24) is 0 Å². The van der Waals surface area contributed by atoms with E-state index < -0.39 is 5.97 Å². The Morgan fingerprint density at radius 2 is 2.54 bits per heavy atom. The normalized spacial score (nSPS) is 23.8. The minimum Gasteiger partial charge on any atom is -0.478 e. The van der Waals surface area contributed by atoms with Crippen LogP contribution in [0.2, 0.25) is 0 Å². The van der Waals surface area contributed by atoms with E-state index in [1.54, 1.807) is 12.2 Å². The van der Waals surface area contributed by atoms with Crippen LogP contribution in [0.25, 0.3) is 0 Å². The number of hydrogen-bond acceptors (Lipinski definition) is 2. The zero-order valence-corrected chi connectivity index (χ0v) is 7.73. The molecule has 2 atom stereocenters. The van der Waals surface area contributed by atoms with E-state index >= 15 is 0 Å². The van der Waals surface area contributed by atoms with Crippen LogP contribution in [0.4, 0.5) is 0 Å². The predicted molar refractivity (Wildman–Crippen MR) is 51.2 cm³/mol. The third-order valence-corrected chi connectivity index (χ3v) is 2.07. The van der Waals surface area contributed by atoms with Gasteiger partial charge in [0.2, 0.25) is 0 Å². The molecule has 3 N–H and O–H groups in total. The largest absolute Gasteiger partial charge is 0.478 e.